The van der Waals surface area contributed by atoms with Gasteiger partial charge in [0.05, 0.1) is 12.2 Å². The minimum Gasteiger partial charge on any atom is -0.323 e. The van der Waals surface area contributed by atoms with Gasteiger partial charge in [-0.3, -0.25) is 10.1 Å². The molecule has 2 aliphatic rings. The molecule has 0 aromatic rings. The van der Waals surface area contributed by atoms with Crippen LogP contribution in [0.1, 0.15) is 52.9 Å². The van der Waals surface area contributed by atoms with E-state index in [2.05, 4.69) is 24.1 Å². The Morgan fingerprint density at radius 2 is 1.88 bits per heavy atom. The summed E-state index contributed by atoms with van der Waals surface area (Å²) in [4.78, 5) is 14.3. The van der Waals surface area contributed by atoms with Crippen LogP contribution < -0.4 is 5.32 Å². The lowest BCUT2D eigenvalue weighted by molar-refractivity contribution is -0.133. The molecule has 3 nitrogen and oxygen atoms in total. The quantitative estimate of drug-likeness (QED) is 0.779. The first kappa shape index (κ1) is 11.9. The third-order valence-electron chi connectivity index (χ3n) is 3.94. The van der Waals surface area contributed by atoms with E-state index in [4.69, 9.17) is 0 Å². The SMILES string of the molecule is CC1NC(C(C)C)N(C2CCCCC2)C1=O. The molecule has 1 aliphatic carbocycles. The van der Waals surface area contributed by atoms with Crippen LogP contribution in [0.25, 0.3) is 0 Å². The highest BCUT2D eigenvalue weighted by Gasteiger charge is 2.41. The van der Waals surface area contributed by atoms with Crippen LogP contribution in [0.5, 0.6) is 0 Å². The fraction of sp³-hybridized carbons (Fsp3) is 0.923. The van der Waals surface area contributed by atoms with E-state index in [0.717, 1.165) is 0 Å². The van der Waals surface area contributed by atoms with Gasteiger partial charge in [-0.2, -0.15) is 0 Å². The molecule has 0 spiro atoms. The molecule has 0 bridgehead atoms. The Bertz CT molecular complexity index is 259. The monoisotopic (exact) mass is 224 g/mol. The predicted octanol–water partition coefficient (Wildman–Crippen LogP) is 2.12. The highest BCUT2D eigenvalue weighted by atomic mass is 16.2. The summed E-state index contributed by atoms with van der Waals surface area (Å²) in [5, 5.41) is 3.43. The molecule has 1 heterocycles. The molecular formula is C13H24N2O. The highest BCUT2D eigenvalue weighted by Crippen LogP contribution is 2.29. The normalized spacial score (nSPS) is 32.8. The van der Waals surface area contributed by atoms with Crippen molar-refractivity contribution in [2.75, 3.05) is 0 Å². The summed E-state index contributed by atoms with van der Waals surface area (Å²) in [5.41, 5.74) is 0. The van der Waals surface area contributed by atoms with Gasteiger partial charge in [0.15, 0.2) is 0 Å². The molecule has 0 radical (unpaired) electrons. The van der Waals surface area contributed by atoms with Crippen molar-refractivity contribution in [1.29, 1.82) is 0 Å². The number of hydrogen-bond donors (Lipinski definition) is 1. The molecule has 0 aromatic heterocycles. The molecule has 1 saturated carbocycles. The van der Waals surface area contributed by atoms with Gasteiger partial charge in [-0.1, -0.05) is 33.1 Å². The molecule has 0 aromatic carbocycles. The third kappa shape index (κ3) is 2.10. The number of hydrogen-bond acceptors (Lipinski definition) is 2. The van der Waals surface area contributed by atoms with Crippen molar-refractivity contribution in [3.8, 4) is 0 Å². The van der Waals surface area contributed by atoms with E-state index in [0.29, 0.717) is 17.9 Å². The lowest BCUT2D eigenvalue weighted by Crippen LogP contribution is -2.48. The van der Waals surface area contributed by atoms with Crippen LogP contribution in [0.3, 0.4) is 0 Å². The predicted molar refractivity (Wildman–Crippen MR) is 64.9 cm³/mol. The summed E-state index contributed by atoms with van der Waals surface area (Å²) in [6.45, 7) is 6.37. The summed E-state index contributed by atoms with van der Waals surface area (Å²) in [5.74, 6) is 0.807. The zero-order chi connectivity index (χ0) is 11.7. The van der Waals surface area contributed by atoms with Crippen LogP contribution >= 0.6 is 0 Å². The average Bonchev–Trinajstić information content (AvgIpc) is 2.57. The second kappa shape index (κ2) is 4.74. The molecule has 16 heavy (non-hydrogen) atoms. The van der Waals surface area contributed by atoms with Gasteiger partial charge < -0.3 is 4.90 Å². The number of nitrogens with zero attached hydrogens (tertiary/aromatic N) is 1. The topological polar surface area (TPSA) is 32.3 Å². The zero-order valence-electron chi connectivity index (χ0n) is 10.7. The number of carbonyl (C=O) groups is 1. The highest BCUT2D eigenvalue weighted by molar-refractivity contribution is 5.84. The van der Waals surface area contributed by atoms with Crippen molar-refractivity contribution < 1.29 is 4.79 Å². The van der Waals surface area contributed by atoms with Crippen LogP contribution in [0.4, 0.5) is 0 Å². The van der Waals surface area contributed by atoms with Gasteiger partial charge in [0.25, 0.3) is 0 Å². The summed E-state index contributed by atoms with van der Waals surface area (Å²) in [6.07, 6.45) is 6.56. The van der Waals surface area contributed by atoms with E-state index in [1.165, 1.54) is 32.1 Å². The zero-order valence-corrected chi connectivity index (χ0v) is 10.7. The molecule has 1 aliphatic heterocycles. The third-order valence-corrected chi connectivity index (χ3v) is 3.94. The van der Waals surface area contributed by atoms with E-state index in [1.807, 2.05) is 6.92 Å². The Balaban J connectivity index is 2.11. The van der Waals surface area contributed by atoms with E-state index in [1.54, 1.807) is 0 Å². The second-order valence-corrected chi connectivity index (χ2v) is 5.61. The fourth-order valence-corrected chi connectivity index (χ4v) is 3.05. The lowest BCUT2D eigenvalue weighted by Gasteiger charge is -2.36. The molecular weight excluding hydrogens is 200 g/mol. The van der Waals surface area contributed by atoms with Gasteiger partial charge >= 0.3 is 0 Å². The summed E-state index contributed by atoms with van der Waals surface area (Å²) in [6, 6.07) is 0.500. The maximum atomic E-state index is 12.2. The van der Waals surface area contributed by atoms with Crippen LogP contribution in [0.2, 0.25) is 0 Å². The number of rotatable bonds is 2. The largest absolute Gasteiger partial charge is 0.323 e. The minimum absolute atomic E-state index is 0.00864. The van der Waals surface area contributed by atoms with Crippen molar-refractivity contribution in [3.63, 3.8) is 0 Å². The average molecular weight is 224 g/mol. The van der Waals surface area contributed by atoms with Gasteiger partial charge in [0.2, 0.25) is 5.91 Å². The van der Waals surface area contributed by atoms with E-state index in [-0.39, 0.29) is 12.2 Å². The fourth-order valence-electron chi connectivity index (χ4n) is 3.05. The molecule has 2 rings (SSSR count). The van der Waals surface area contributed by atoms with Gasteiger partial charge in [0.1, 0.15) is 0 Å². The summed E-state index contributed by atoms with van der Waals surface area (Å²) in [7, 11) is 0. The van der Waals surface area contributed by atoms with Crippen LogP contribution in [0, 0.1) is 5.92 Å². The van der Waals surface area contributed by atoms with Crippen molar-refractivity contribution in [3.05, 3.63) is 0 Å². The standard InChI is InChI=1S/C13H24N2O/c1-9(2)12-14-10(3)13(16)15(12)11-7-5-4-6-8-11/h9-12,14H,4-8H2,1-3H3. The summed E-state index contributed by atoms with van der Waals surface area (Å²) >= 11 is 0. The molecule has 2 fully saturated rings. The lowest BCUT2D eigenvalue weighted by atomic mass is 9.93. The second-order valence-electron chi connectivity index (χ2n) is 5.61. The van der Waals surface area contributed by atoms with Crippen LogP contribution in [-0.2, 0) is 4.79 Å². The smallest absolute Gasteiger partial charge is 0.240 e. The molecule has 3 heteroatoms. The molecule has 2 unspecified atom stereocenters. The van der Waals surface area contributed by atoms with E-state index >= 15 is 0 Å². The summed E-state index contributed by atoms with van der Waals surface area (Å²) < 4.78 is 0. The first-order valence-electron chi connectivity index (χ1n) is 6.69. The van der Waals surface area contributed by atoms with Gasteiger partial charge in [-0.15, -0.1) is 0 Å². The minimum atomic E-state index is 0.00864. The maximum absolute atomic E-state index is 12.2. The molecule has 1 amide bonds. The van der Waals surface area contributed by atoms with Crippen LogP contribution in [-0.4, -0.2) is 29.1 Å². The molecule has 1 N–H and O–H groups in total. The van der Waals surface area contributed by atoms with Gasteiger partial charge in [0, 0.05) is 6.04 Å². The van der Waals surface area contributed by atoms with E-state index in [9.17, 15) is 4.79 Å². The van der Waals surface area contributed by atoms with Crippen molar-refractivity contribution in [2.45, 2.75) is 71.1 Å². The number of nitrogens with one attached hydrogen (secondary N) is 1. The Kier molecular flexibility index (Phi) is 3.53. The first-order valence-corrected chi connectivity index (χ1v) is 6.69. The van der Waals surface area contributed by atoms with E-state index < -0.39 is 0 Å². The van der Waals surface area contributed by atoms with Gasteiger partial charge in [-0.25, -0.2) is 0 Å². The number of carbonyl (C=O) groups excluding carboxylic acids is 1. The van der Waals surface area contributed by atoms with Crippen molar-refractivity contribution in [1.82, 2.24) is 10.2 Å². The first-order chi connectivity index (χ1) is 7.61. The Labute approximate surface area is 98.6 Å². The number of amides is 1. The molecule has 2 atom stereocenters. The van der Waals surface area contributed by atoms with Gasteiger partial charge in [-0.05, 0) is 25.7 Å². The maximum Gasteiger partial charge on any atom is 0.240 e. The van der Waals surface area contributed by atoms with Crippen molar-refractivity contribution in [2.24, 2.45) is 5.92 Å². The molecule has 92 valence electrons. The Hall–Kier alpha value is -0.570. The molecule has 1 saturated heterocycles. The van der Waals surface area contributed by atoms with Crippen molar-refractivity contribution >= 4 is 5.91 Å². The Morgan fingerprint density at radius 1 is 1.25 bits per heavy atom. The Morgan fingerprint density at radius 3 is 2.44 bits per heavy atom. The van der Waals surface area contributed by atoms with Crippen LogP contribution in [0.15, 0.2) is 0 Å².